The van der Waals surface area contributed by atoms with E-state index in [2.05, 4.69) is 83.8 Å². The zero-order chi connectivity index (χ0) is 18.5. The van der Waals surface area contributed by atoms with Gasteiger partial charge in [0.25, 0.3) is 0 Å². The monoisotopic (exact) mass is 359 g/mol. The second-order valence-corrected chi connectivity index (χ2v) is 7.16. The molecule has 6 aromatic rings. The summed E-state index contributed by atoms with van der Waals surface area (Å²) in [6, 6.07) is 33.9. The summed E-state index contributed by atoms with van der Waals surface area (Å²) >= 11 is 0. The maximum atomic E-state index is 5.99. The number of hydrogen-bond donors (Lipinski definition) is 1. The van der Waals surface area contributed by atoms with Gasteiger partial charge in [-0.05, 0) is 41.5 Å². The number of furan rings is 1. The first-order chi connectivity index (χ1) is 13.8. The molecule has 0 unspecified atom stereocenters. The molecule has 0 amide bonds. The fourth-order valence-corrected chi connectivity index (χ4v) is 3.98. The van der Waals surface area contributed by atoms with E-state index in [-0.39, 0.29) is 0 Å². The first kappa shape index (κ1) is 15.3. The second kappa shape index (κ2) is 5.86. The SMILES string of the molecule is c1ccc2oc(-c3ccc(-c4ccc5[nH]c6ccccc6c5c4)cc3)cc2c1. The molecular formula is C26H17NO. The Kier molecular flexibility index (Phi) is 3.20. The topological polar surface area (TPSA) is 28.9 Å². The lowest BCUT2D eigenvalue weighted by atomic mass is 10.0. The predicted octanol–water partition coefficient (Wildman–Crippen LogP) is 7.40. The minimum atomic E-state index is 0.903. The van der Waals surface area contributed by atoms with E-state index in [4.69, 9.17) is 4.42 Å². The molecule has 2 aromatic heterocycles. The second-order valence-electron chi connectivity index (χ2n) is 7.16. The normalized spacial score (nSPS) is 11.6. The van der Waals surface area contributed by atoms with Gasteiger partial charge in [-0.1, -0.05) is 66.7 Å². The summed E-state index contributed by atoms with van der Waals surface area (Å²) in [7, 11) is 0. The zero-order valence-corrected chi connectivity index (χ0v) is 15.1. The maximum Gasteiger partial charge on any atom is 0.135 e. The van der Waals surface area contributed by atoms with Crippen LogP contribution in [0, 0.1) is 0 Å². The Morgan fingerprint density at radius 1 is 0.536 bits per heavy atom. The Hall–Kier alpha value is -3.78. The molecule has 2 nitrogen and oxygen atoms in total. The highest BCUT2D eigenvalue weighted by molar-refractivity contribution is 6.08. The van der Waals surface area contributed by atoms with Gasteiger partial charge in [0.15, 0.2) is 0 Å². The summed E-state index contributed by atoms with van der Waals surface area (Å²) in [5, 5.41) is 3.65. The molecule has 0 saturated heterocycles. The van der Waals surface area contributed by atoms with Crippen molar-refractivity contribution in [2.75, 3.05) is 0 Å². The third kappa shape index (κ3) is 2.35. The Morgan fingerprint density at radius 3 is 2.14 bits per heavy atom. The van der Waals surface area contributed by atoms with Gasteiger partial charge in [0, 0.05) is 32.8 Å². The van der Waals surface area contributed by atoms with Crippen molar-refractivity contribution in [1.29, 1.82) is 0 Å². The van der Waals surface area contributed by atoms with Gasteiger partial charge >= 0.3 is 0 Å². The maximum absolute atomic E-state index is 5.99. The molecule has 1 N–H and O–H groups in total. The summed E-state index contributed by atoms with van der Waals surface area (Å²) in [6.07, 6.45) is 0. The van der Waals surface area contributed by atoms with Crippen molar-refractivity contribution >= 4 is 32.8 Å². The number of hydrogen-bond acceptors (Lipinski definition) is 1. The highest BCUT2D eigenvalue weighted by atomic mass is 16.3. The van der Waals surface area contributed by atoms with Crippen LogP contribution in [0.1, 0.15) is 0 Å². The zero-order valence-electron chi connectivity index (χ0n) is 15.1. The van der Waals surface area contributed by atoms with E-state index < -0.39 is 0 Å². The van der Waals surface area contributed by atoms with Crippen LogP contribution in [0.25, 0.3) is 55.2 Å². The lowest BCUT2D eigenvalue weighted by molar-refractivity contribution is 0.631. The average Bonchev–Trinajstić information content (AvgIpc) is 3.35. The largest absolute Gasteiger partial charge is 0.456 e. The summed E-state index contributed by atoms with van der Waals surface area (Å²) < 4.78 is 5.99. The quantitative estimate of drug-likeness (QED) is 0.343. The molecule has 0 atom stereocenters. The number of benzene rings is 4. The number of rotatable bonds is 2. The van der Waals surface area contributed by atoms with Crippen molar-refractivity contribution < 1.29 is 4.42 Å². The third-order valence-corrected chi connectivity index (χ3v) is 5.43. The van der Waals surface area contributed by atoms with Crippen molar-refractivity contribution in [1.82, 2.24) is 4.98 Å². The van der Waals surface area contributed by atoms with E-state index in [0.717, 1.165) is 22.3 Å². The lowest BCUT2D eigenvalue weighted by Crippen LogP contribution is -1.79. The minimum absolute atomic E-state index is 0.903. The highest BCUT2D eigenvalue weighted by Gasteiger charge is 2.08. The van der Waals surface area contributed by atoms with Gasteiger partial charge in [0.1, 0.15) is 11.3 Å². The fourth-order valence-electron chi connectivity index (χ4n) is 3.98. The van der Waals surface area contributed by atoms with Crippen molar-refractivity contribution in [2.45, 2.75) is 0 Å². The Bertz CT molecular complexity index is 1420. The van der Waals surface area contributed by atoms with Crippen LogP contribution in [0.15, 0.2) is 101 Å². The fraction of sp³-hybridized carbons (Fsp3) is 0. The van der Waals surface area contributed by atoms with E-state index in [1.807, 2.05) is 18.2 Å². The van der Waals surface area contributed by atoms with Crippen LogP contribution in [0.5, 0.6) is 0 Å². The van der Waals surface area contributed by atoms with Gasteiger partial charge < -0.3 is 9.40 Å². The van der Waals surface area contributed by atoms with E-state index in [1.54, 1.807) is 0 Å². The van der Waals surface area contributed by atoms with Gasteiger partial charge in [-0.15, -0.1) is 0 Å². The number of aromatic nitrogens is 1. The van der Waals surface area contributed by atoms with Crippen LogP contribution in [-0.2, 0) is 0 Å². The molecule has 6 rings (SSSR count). The summed E-state index contributed by atoms with van der Waals surface area (Å²) in [5.41, 5.74) is 6.78. The van der Waals surface area contributed by atoms with Crippen LogP contribution in [0.3, 0.4) is 0 Å². The molecule has 2 heterocycles. The Morgan fingerprint density at radius 2 is 1.25 bits per heavy atom. The standard InChI is InChI=1S/C26H17NO/c1-4-8-25-20(5-1)16-26(28-25)18-11-9-17(10-12-18)19-13-14-24-22(15-19)21-6-2-3-7-23(21)27-24/h1-16,27H. The molecule has 0 aliphatic rings. The van der Waals surface area contributed by atoms with Gasteiger partial charge in [-0.3, -0.25) is 0 Å². The van der Waals surface area contributed by atoms with Crippen molar-refractivity contribution in [3.8, 4) is 22.5 Å². The van der Waals surface area contributed by atoms with Gasteiger partial charge in [0.05, 0.1) is 0 Å². The van der Waals surface area contributed by atoms with Crippen LogP contribution in [0.2, 0.25) is 0 Å². The molecule has 0 aliphatic heterocycles. The average molecular weight is 359 g/mol. The summed E-state index contributed by atoms with van der Waals surface area (Å²) in [6.45, 7) is 0. The van der Waals surface area contributed by atoms with Crippen LogP contribution >= 0.6 is 0 Å². The molecule has 0 saturated carbocycles. The van der Waals surface area contributed by atoms with Crippen LogP contribution in [0.4, 0.5) is 0 Å². The van der Waals surface area contributed by atoms with E-state index in [1.165, 1.54) is 32.9 Å². The number of H-pyrrole nitrogens is 1. The van der Waals surface area contributed by atoms with Crippen molar-refractivity contribution in [3.63, 3.8) is 0 Å². The van der Waals surface area contributed by atoms with E-state index >= 15 is 0 Å². The molecule has 0 fully saturated rings. The molecule has 28 heavy (non-hydrogen) atoms. The summed E-state index contributed by atoms with van der Waals surface area (Å²) in [4.78, 5) is 3.49. The predicted molar refractivity (Wildman–Crippen MR) is 116 cm³/mol. The van der Waals surface area contributed by atoms with Gasteiger partial charge in [0.2, 0.25) is 0 Å². The van der Waals surface area contributed by atoms with Gasteiger partial charge in [-0.25, -0.2) is 0 Å². The lowest BCUT2D eigenvalue weighted by Gasteiger charge is -2.04. The highest BCUT2D eigenvalue weighted by Crippen LogP contribution is 2.32. The van der Waals surface area contributed by atoms with E-state index in [9.17, 15) is 0 Å². The molecule has 0 radical (unpaired) electrons. The minimum Gasteiger partial charge on any atom is -0.456 e. The first-order valence-electron chi connectivity index (χ1n) is 9.45. The Labute approximate surface area is 162 Å². The summed E-state index contributed by atoms with van der Waals surface area (Å²) in [5.74, 6) is 0.903. The molecule has 2 heteroatoms. The third-order valence-electron chi connectivity index (χ3n) is 5.43. The van der Waals surface area contributed by atoms with Crippen LogP contribution in [-0.4, -0.2) is 4.98 Å². The number of aromatic amines is 1. The van der Waals surface area contributed by atoms with Crippen LogP contribution < -0.4 is 0 Å². The number of fused-ring (bicyclic) bond motifs is 4. The van der Waals surface area contributed by atoms with E-state index in [0.29, 0.717) is 0 Å². The van der Waals surface area contributed by atoms with Crippen molar-refractivity contribution in [3.05, 3.63) is 97.1 Å². The molecule has 132 valence electrons. The number of para-hydroxylation sites is 2. The number of nitrogens with one attached hydrogen (secondary N) is 1. The molecular weight excluding hydrogens is 342 g/mol. The first-order valence-corrected chi connectivity index (χ1v) is 9.45. The molecule has 0 spiro atoms. The smallest absolute Gasteiger partial charge is 0.135 e. The molecule has 4 aromatic carbocycles. The van der Waals surface area contributed by atoms with Gasteiger partial charge in [-0.2, -0.15) is 0 Å². The molecule has 0 bridgehead atoms. The Balaban J connectivity index is 1.42. The molecule has 0 aliphatic carbocycles. The van der Waals surface area contributed by atoms with Crippen molar-refractivity contribution in [2.24, 2.45) is 0 Å².